The molecule has 0 bridgehead atoms. The van der Waals surface area contributed by atoms with Crippen LogP contribution in [-0.4, -0.2) is 26.8 Å². The van der Waals surface area contributed by atoms with Crippen LogP contribution >= 0.6 is 0 Å². The average Bonchev–Trinajstić information content (AvgIpc) is 2.37. The Labute approximate surface area is 114 Å². The van der Waals surface area contributed by atoms with E-state index in [0.29, 0.717) is 4.57 Å². The van der Waals surface area contributed by atoms with Crippen LogP contribution < -0.4 is 11.1 Å². The monoisotopic (exact) mass is 302 g/mol. The maximum absolute atomic E-state index is 12.3. The summed E-state index contributed by atoms with van der Waals surface area (Å²) in [4.78, 5) is 36.5. The maximum Gasteiger partial charge on any atom is 0.390 e. The number of H-pyrrole nitrogens is 1. The highest BCUT2D eigenvalue weighted by atomic mass is 19.4. The number of fused-ring (bicyclic) bond motifs is 1. The summed E-state index contributed by atoms with van der Waals surface area (Å²) in [5, 5.41) is 9.07. The van der Waals surface area contributed by atoms with Crippen molar-refractivity contribution < 1.29 is 23.1 Å². The lowest BCUT2D eigenvalue weighted by atomic mass is 10.1. The quantitative estimate of drug-likeness (QED) is 0.837. The Morgan fingerprint density at radius 3 is 2.52 bits per heavy atom. The Kier molecular flexibility index (Phi) is 3.58. The molecule has 0 aliphatic rings. The Balaban J connectivity index is 2.76. The van der Waals surface area contributed by atoms with Gasteiger partial charge in [0.1, 0.15) is 0 Å². The number of carboxylic acids is 1. The molecular formula is C12H9F3N2O4. The van der Waals surface area contributed by atoms with Gasteiger partial charge in [-0.1, -0.05) is 6.07 Å². The van der Waals surface area contributed by atoms with Crippen molar-refractivity contribution in [3.05, 3.63) is 44.5 Å². The first kappa shape index (κ1) is 14.8. The molecule has 112 valence electrons. The van der Waals surface area contributed by atoms with Gasteiger partial charge in [-0.05, 0) is 12.1 Å². The number of hydrogen-bond acceptors (Lipinski definition) is 3. The van der Waals surface area contributed by atoms with Crippen molar-refractivity contribution in [2.75, 3.05) is 0 Å². The summed E-state index contributed by atoms with van der Waals surface area (Å²) >= 11 is 0. The fourth-order valence-electron chi connectivity index (χ4n) is 1.96. The fourth-order valence-corrected chi connectivity index (χ4v) is 1.96. The number of nitrogens with one attached hydrogen (secondary N) is 1. The van der Waals surface area contributed by atoms with Crippen molar-refractivity contribution in [1.82, 2.24) is 9.55 Å². The number of benzene rings is 1. The Morgan fingerprint density at radius 1 is 1.29 bits per heavy atom. The van der Waals surface area contributed by atoms with Crippen LogP contribution in [0.2, 0.25) is 0 Å². The van der Waals surface area contributed by atoms with Crippen LogP contribution in [0.4, 0.5) is 13.2 Å². The number of halogens is 3. The number of carbonyl (C=O) groups is 1. The minimum Gasteiger partial charge on any atom is -0.478 e. The van der Waals surface area contributed by atoms with Gasteiger partial charge < -0.3 is 14.7 Å². The molecule has 0 saturated carbocycles. The largest absolute Gasteiger partial charge is 0.478 e. The predicted octanol–water partition coefficient (Wildman–Crippen LogP) is 1.34. The van der Waals surface area contributed by atoms with Gasteiger partial charge in [-0.2, -0.15) is 13.2 Å². The van der Waals surface area contributed by atoms with Crippen molar-refractivity contribution in [2.45, 2.75) is 19.1 Å². The van der Waals surface area contributed by atoms with E-state index in [0.717, 1.165) is 6.07 Å². The summed E-state index contributed by atoms with van der Waals surface area (Å²) in [5.41, 5.74) is -2.93. The van der Waals surface area contributed by atoms with E-state index >= 15 is 0 Å². The zero-order chi connectivity index (χ0) is 15.8. The number of aryl methyl sites for hydroxylation is 1. The highest BCUT2D eigenvalue weighted by molar-refractivity contribution is 6.00. The molecule has 2 aromatic rings. The number of alkyl halides is 3. The lowest BCUT2D eigenvalue weighted by molar-refractivity contribution is -0.136. The topological polar surface area (TPSA) is 92.2 Å². The lowest BCUT2D eigenvalue weighted by Crippen LogP contribution is -2.37. The van der Waals surface area contributed by atoms with E-state index in [4.69, 9.17) is 5.11 Å². The van der Waals surface area contributed by atoms with Gasteiger partial charge in [0.05, 0.1) is 23.0 Å². The number of aromatic carboxylic acids is 1. The number of carboxylic acid groups (broad SMARTS) is 1. The van der Waals surface area contributed by atoms with Crippen LogP contribution in [0.5, 0.6) is 0 Å². The summed E-state index contributed by atoms with van der Waals surface area (Å²) in [6.45, 7) is -0.826. The molecule has 9 heteroatoms. The number of para-hydroxylation sites is 1. The summed E-state index contributed by atoms with van der Waals surface area (Å²) in [6, 6.07) is 3.78. The number of aromatic nitrogens is 2. The molecule has 0 radical (unpaired) electrons. The average molecular weight is 302 g/mol. The Morgan fingerprint density at radius 2 is 1.95 bits per heavy atom. The number of nitrogens with zero attached hydrogens (tertiary/aromatic N) is 1. The van der Waals surface area contributed by atoms with Gasteiger partial charge in [0.25, 0.3) is 0 Å². The molecule has 0 fully saturated rings. The third-order valence-corrected chi connectivity index (χ3v) is 2.84. The summed E-state index contributed by atoms with van der Waals surface area (Å²) in [5.74, 6) is -1.41. The molecule has 2 rings (SSSR count). The fraction of sp³-hybridized carbons (Fsp3) is 0.250. The highest BCUT2D eigenvalue weighted by Gasteiger charge is 2.28. The third kappa shape index (κ3) is 2.96. The van der Waals surface area contributed by atoms with Gasteiger partial charge in [-0.15, -0.1) is 0 Å². The first-order valence-corrected chi connectivity index (χ1v) is 5.76. The minimum absolute atomic E-state index is 0.0123. The normalized spacial score (nSPS) is 11.8. The Bertz CT molecular complexity index is 820. The van der Waals surface area contributed by atoms with Crippen LogP contribution in [0.1, 0.15) is 16.8 Å². The molecule has 2 N–H and O–H groups in total. The van der Waals surface area contributed by atoms with E-state index in [-0.39, 0.29) is 16.6 Å². The maximum atomic E-state index is 12.3. The molecule has 0 aliphatic carbocycles. The van der Waals surface area contributed by atoms with E-state index in [1.54, 1.807) is 0 Å². The second-order valence-corrected chi connectivity index (χ2v) is 4.28. The van der Waals surface area contributed by atoms with Gasteiger partial charge in [0.2, 0.25) is 0 Å². The molecule has 6 nitrogen and oxygen atoms in total. The molecule has 0 spiro atoms. The number of rotatable bonds is 3. The van der Waals surface area contributed by atoms with Crippen molar-refractivity contribution in [2.24, 2.45) is 0 Å². The van der Waals surface area contributed by atoms with Crippen molar-refractivity contribution in [3.63, 3.8) is 0 Å². The SMILES string of the molecule is O=C(O)c1cccc2[nH]c(=O)c(=O)n(CCC(F)(F)F)c12. The summed E-state index contributed by atoms with van der Waals surface area (Å²) in [6.07, 6.45) is -5.88. The van der Waals surface area contributed by atoms with Crippen molar-refractivity contribution in [1.29, 1.82) is 0 Å². The highest BCUT2D eigenvalue weighted by Crippen LogP contribution is 2.22. The summed E-state index contributed by atoms with van der Waals surface area (Å²) in [7, 11) is 0. The van der Waals surface area contributed by atoms with Crippen LogP contribution in [-0.2, 0) is 6.54 Å². The second-order valence-electron chi connectivity index (χ2n) is 4.28. The van der Waals surface area contributed by atoms with E-state index in [1.807, 2.05) is 0 Å². The molecule has 21 heavy (non-hydrogen) atoms. The van der Waals surface area contributed by atoms with Gasteiger partial charge in [-0.25, -0.2) is 4.79 Å². The molecule has 1 aromatic heterocycles. The van der Waals surface area contributed by atoms with Gasteiger partial charge in [0, 0.05) is 6.54 Å². The summed E-state index contributed by atoms with van der Waals surface area (Å²) < 4.78 is 37.5. The predicted molar refractivity (Wildman–Crippen MR) is 66.5 cm³/mol. The lowest BCUT2D eigenvalue weighted by Gasteiger charge is -2.13. The van der Waals surface area contributed by atoms with Crippen LogP contribution in [0.25, 0.3) is 11.0 Å². The van der Waals surface area contributed by atoms with Crippen LogP contribution in [0.15, 0.2) is 27.8 Å². The van der Waals surface area contributed by atoms with E-state index < -0.39 is 36.2 Å². The zero-order valence-electron chi connectivity index (χ0n) is 10.4. The van der Waals surface area contributed by atoms with E-state index in [1.165, 1.54) is 12.1 Å². The number of hydrogen-bond donors (Lipinski definition) is 2. The molecular weight excluding hydrogens is 293 g/mol. The van der Waals surface area contributed by atoms with Crippen molar-refractivity contribution in [3.8, 4) is 0 Å². The minimum atomic E-state index is -4.54. The van der Waals surface area contributed by atoms with Crippen molar-refractivity contribution >= 4 is 17.0 Å². The van der Waals surface area contributed by atoms with Crippen LogP contribution in [0, 0.1) is 0 Å². The first-order chi connectivity index (χ1) is 9.70. The molecule has 0 atom stereocenters. The first-order valence-electron chi connectivity index (χ1n) is 5.76. The smallest absolute Gasteiger partial charge is 0.390 e. The standard InChI is InChI=1S/C12H9F3N2O4/c13-12(14,15)4-5-17-8-6(11(20)21)2-1-3-7(8)16-9(18)10(17)19/h1-3H,4-5H2,(H,16,18)(H,20,21). The molecule has 1 heterocycles. The van der Waals surface area contributed by atoms with Gasteiger partial charge >= 0.3 is 23.3 Å². The molecule has 0 amide bonds. The Hall–Kier alpha value is -2.58. The van der Waals surface area contributed by atoms with E-state index in [9.17, 15) is 27.6 Å². The zero-order valence-corrected chi connectivity index (χ0v) is 10.4. The van der Waals surface area contributed by atoms with Gasteiger partial charge in [0.15, 0.2) is 0 Å². The number of aromatic amines is 1. The van der Waals surface area contributed by atoms with Gasteiger partial charge in [-0.3, -0.25) is 9.59 Å². The third-order valence-electron chi connectivity index (χ3n) is 2.84. The van der Waals surface area contributed by atoms with Crippen LogP contribution in [0.3, 0.4) is 0 Å². The molecule has 0 aliphatic heterocycles. The molecule has 0 unspecified atom stereocenters. The molecule has 0 saturated heterocycles. The molecule has 1 aromatic carbocycles. The van der Waals surface area contributed by atoms with E-state index in [2.05, 4.69) is 4.98 Å². The second kappa shape index (κ2) is 5.08.